The van der Waals surface area contributed by atoms with Crippen LogP contribution in [0.25, 0.3) is 0 Å². The van der Waals surface area contributed by atoms with E-state index in [9.17, 15) is 29.4 Å². The largest absolute Gasteiger partial charge is 0.506 e. The Labute approximate surface area is 194 Å². The van der Waals surface area contributed by atoms with E-state index in [1.807, 2.05) is 12.2 Å². The highest BCUT2D eigenvalue weighted by atomic mass is 16.3. The van der Waals surface area contributed by atoms with Crippen LogP contribution in [0.2, 0.25) is 0 Å². The first kappa shape index (κ1) is 19.5. The summed E-state index contributed by atoms with van der Waals surface area (Å²) in [6.45, 7) is 0. The molecule has 4 amide bonds. The molecule has 0 spiro atoms. The third kappa shape index (κ3) is 2.09. The third-order valence-corrected chi connectivity index (χ3v) is 8.59. The summed E-state index contributed by atoms with van der Waals surface area (Å²) in [6, 6.07) is 12.5. The van der Waals surface area contributed by atoms with Crippen molar-refractivity contribution in [2.45, 2.75) is 0 Å². The van der Waals surface area contributed by atoms with Crippen LogP contribution in [0.15, 0.2) is 60.7 Å². The number of carbonyl (C=O) groups excluding carboxylic acids is 4. The molecule has 4 aliphatic carbocycles. The normalized spacial score (nSPS) is 37.1. The third-order valence-electron chi connectivity index (χ3n) is 8.59. The van der Waals surface area contributed by atoms with Crippen LogP contribution in [-0.4, -0.2) is 33.8 Å². The van der Waals surface area contributed by atoms with Gasteiger partial charge in [-0.2, -0.15) is 0 Å². The van der Waals surface area contributed by atoms with Gasteiger partial charge >= 0.3 is 0 Å². The van der Waals surface area contributed by atoms with Crippen molar-refractivity contribution in [2.75, 3.05) is 9.80 Å². The summed E-state index contributed by atoms with van der Waals surface area (Å²) in [5.41, 5.74) is 0.332. The molecule has 34 heavy (non-hydrogen) atoms. The molecular formula is C26H20N2O6. The fraction of sp³-hybridized carbons (Fsp3) is 0.308. The minimum Gasteiger partial charge on any atom is -0.506 e. The standard InChI is InChI=1S/C26H20N2O6/c29-15-7-3-1-5-13(15)27-23(31)19-11-9-10-12(20(19)24(27)32)18-17(11)21-22(18)26(34)28(25(21)33)14-6-2-4-8-16(14)30/h1-12,17-22,29-30H/t11-,12+,17-,18-,19+,20-,21-,22-/m0/s1. The predicted octanol–water partition coefficient (Wildman–Crippen LogP) is 2.07. The number of imide groups is 2. The summed E-state index contributed by atoms with van der Waals surface area (Å²) in [4.78, 5) is 56.0. The van der Waals surface area contributed by atoms with Crippen molar-refractivity contribution in [3.8, 4) is 11.5 Å². The Morgan fingerprint density at radius 2 is 0.882 bits per heavy atom. The summed E-state index contributed by atoms with van der Waals surface area (Å²) in [5, 5.41) is 20.5. The molecule has 8 rings (SSSR count). The van der Waals surface area contributed by atoms with Crippen LogP contribution in [0, 0.1) is 47.3 Å². The van der Waals surface area contributed by atoms with Gasteiger partial charge in [0.25, 0.3) is 0 Å². The van der Waals surface area contributed by atoms with Crippen LogP contribution in [0.1, 0.15) is 0 Å². The van der Waals surface area contributed by atoms with Crippen molar-refractivity contribution in [3.63, 3.8) is 0 Å². The van der Waals surface area contributed by atoms with Gasteiger partial charge in [0, 0.05) is 0 Å². The lowest BCUT2D eigenvalue weighted by Gasteiger charge is -2.60. The van der Waals surface area contributed by atoms with Gasteiger partial charge in [-0.15, -0.1) is 0 Å². The number of carbonyl (C=O) groups is 4. The Morgan fingerprint density at radius 1 is 0.529 bits per heavy atom. The number of rotatable bonds is 2. The van der Waals surface area contributed by atoms with Crippen molar-refractivity contribution in [2.24, 2.45) is 47.3 Å². The Kier molecular flexibility index (Phi) is 3.64. The molecule has 2 aromatic rings. The second kappa shape index (κ2) is 6.34. The predicted molar refractivity (Wildman–Crippen MR) is 118 cm³/mol. The lowest BCUT2D eigenvalue weighted by Crippen LogP contribution is -2.63. The van der Waals surface area contributed by atoms with E-state index in [1.54, 1.807) is 36.4 Å². The van der Waals surface area contributed by atoms with Crippen LogP contribution < -0.4 is 9.80 Å². The number of hydrogen-bond acceptors (Lipinski definition) is 6. The maximum absolute atomic E-state index is 13.5. The summed E-state index contributed by atoms with van der Waals surface area (Å²) in [6.07, 6.45) is 3.87. The smallest absolute Gasteiger partial charge is 0.238 e. The second-order valence-corrected chi connectivity index (χ2v) is 9.80. The maximum atomic E-state index is 13.5. The molecule has 8 nitrogen and oxygen atoms in total. The summed E-state index contributed by atoms with van der Waals surface area (Å²) < 4.78 is 0. The topological polar surface area (TPSA) is 115 Å². The highest BCUT2D eigenvalue weighted by Gasteiger charge is 2.75. The van der Waals surface area contributed by atoms with Gasteiger partial charge in [0.2, 0.25) is 23.6 Å². The van der Waals surface area contributed by atoms with Crippen molar-refractivity contribution in [3.05, 3.63) is 60.7 Å². The number of amides is 4. The second-order valence-electron chi connectivity index (χ2n) is 9.80. The van der Waals surface area contributed by atoms with E-state index in [1.165, 1.54) is 12.1 Å². The van der Waals surface area contributed by atoms with E-state index in [0.29, 0.717) is 0 Å². The minimum atomic E-state index is -0.619. The fourth-order valence-corrected chi connectivity index (χ4v) is 7.38. The van der Waals surface area contributed by atoms with E-state index in [2.05, 4.69) is 0 Å². The number of hydrogen-bond donors (Lipinski definition) is 2. The molecule has 0 aromatic heterocycles. The Balaban J connectivity index is 1.27. The van der Waals surface area contributed by atoms with E-state index in [0.717, 1.165) is 9.80 Å². The molecule has 2 heterocycles. The molecule has 2 bridgehead atoms. The number of anilines is 2. The van der Waals surface area contributed by atoms with Gasteiger partial charge in [0.05, 0.1) is 35.0 Å². The molecule has 0 radical (unpaired) electrons. The average Bonchev–Trinajstić information content (AvgIpc) is 3.19. The van der Waals surface area contributed by atoms with Crippen LogP contribution in [0.5, 0.6) is 11.5 Å². The molecule has 2 aliphatic heterocycles. The highest BCUT2D eigenvalue weighted by molar-refractivity contribution is 6.25. The summed E-state index contributed by atoms with van der Waals surface area (Å²) in [7, 11) is 0. The number of fused-ring (bicyclic) bond motifs is 1. The number of allylic oxidation sites excluding steroid dienone is 2. The quantitative estimate of drug-likeness (QED) is 0.528. The fourth-order valence-electron chi connectivity index (χ4n) is 7.38. The average molecular weight is 456 g/mol. The highest BCUT2D eigenvalue weighted by Crippen LogP contribution is 2.68. The van der Waals surface area contributed by atoms with E-state index >= 15 is 0 Å². The van der Waals surface area contributed by atoms with Crippen molar-refractivity contribution in [1.29, 1.82) is 0 Å². The van der Waals surface area contributed by atoms with Gasteiger partial charge in [0.1, 0.15) is 11.5 Å². The Hall–Kier alpha value is -3.94. The molecule has 2 saturated carbocycles. The number of phenolic OH excluding ortho intramolecular Hbond substituents is 2. The molecule has 8 heteroatoms. The van der Waals surface area contributed by atoms with Gasteiger partial charge in [0.15, 0.2) is 0 Å². The van der Waals surface area contributed by atoms with E-state index in [4.69, 9.17) is 0 Å². The number of benzene rings is 2. The number of phenols is 2. The first-order valence-corrected chi connectivity index (χ1v) is 11.4. The molecule has 2 aromatic carbocycles. The molecule has 8 atom stereocenters. The van der Waals surface area contributed by atoms with Crippen LogP contribution >= 0.6 is 0 Å². The Bertz CT molecular complexity index is 1290. The first-order chi connectivity index (χ1) is 16.4. The molecular weight excluding hydrogens is 436 g/mol. The number of para-hydroxylation sites is 4. The molecule has 6 aliphatic rings. The van der Waals surface area contributed by atoms with Gasteiger partial charge in [-0.1, -0.05) is 36.4 Å². The zero-order chi connectivity index (χ0) is 23.5. The lowest BCUT2D eigenvalue weighted by molar-refractivity contribution is -0.166. The maximum Gasteiger partial charge on any atom is 0.238 e. The van der Waals surface area contributed by atoms with Gasteiger partial charge in [-0.05, 0) is 47.9 Å². The van der Waals surface area contributed by atoms with Crippen LogP contribution in [0.3, 0.4) is 0 Å². The van der Waals surface area contributed by atoms with E-state index in [-0.39, 0.29) is 70.2 Å². The van der Waals surface area contributed by atoms with E-state index < -0.39 is 23.7 Å². The SMILES string of the molecule is O=C1[C@@H]2[C@H]3C=C[C@@H]([C@@H]2C(=O)N1c1ccccc1O)[C@@H]1[C@@H]2C(=O)N(c4ccccc4O)C(=O)[C@H]2[C@@H]31. The minimum absolute atomic E-state index is 0.143. The van der Waals surface area contributed by atoms with Crippen molar-refractivity contribution in [1.82, 2.24) is 0 Å². The molecule has 2 N–H and O–H groups in total. The summed E-state index contributed by atoms with van der Waals surface area (Å²) in [5.74, 6) is -5.23. The lowest BCUT2D eigenvalue weighted by atomic mass is 9.40. The van der Waals surface area contributed by atoms with Crippen LogP contribution in [0.4, 0.5) is 11.4 Å². The van der Waals surface area contributed by atoms with Crippen molar-refractivity contribution < 1.29 is 29.4 Å². The van der Waals surface area contributed by atoms with Gasteiger partial charge < -0.3 is 10.2 Å². The number of nitrogens with zero attached hydrogens (tertiary/aromatic N) is 2. The first-order valence-electron chi connectivity index (χ1n) is 11.4. The molecule has 2 saturated heterocycles. The zero-order valence-corrected chi connectivity index (χ0v) is 17.8. The van der Waals surface area contributed by atoms with Gasteiger partial charge in [-0.3, -0.25) is 19.2 Å². The molecule has 170 valence electrons. The molecule has 4 fully saturated rings. The number of aromatic hydroxyl groups is 2. The zero-order valence-electron chi connectivity index (χ0n) is 17.8. The van der Waals surface area contributed by atoms with Crippen LogP contribution in [-0.2, 0) is 19.2 Å². The monoisotopic (exact) mass is 456 g/mol. The van der Waals surface area contributed by atoms with Gasteiger partial charge in [-0.25, -0.2) is 9.80 Å². The Morgan fingerprint density at radius 3 is 1.26 bits per heavy atom. The molecule has 0 unspecified atom stereocenters. The summed E-state index contributed by atoms with van der Waals surface area (Å²) >= 11 is 0. The van der Waals surface area contributed by atoms with Crippen molar-refractivity contribution >= 4 is 35.0 Å².